The minimum Gasteiger partial charge on any atom is -0.505 e. The summed E-state index contributed by atoms with van der Waals surface area (Å²) < 4.78 is 0. The third-order valence-corrected chi connectivity index (χ3v) is 2.92. The van der Waals surface area contributed by atoms with Gasteiger partial charge in [-0.15, -0.1) is 0 Å². The molecule has 0 spiro atoms. The second-order valence-corrected chi connectivity index (χ2v) is 4.38. The van der Waals surface area contributed by atoms with E-state index in [0.29, 0.717) is 16.2 Å². The smallest absolute Gasteiger partial charge is 0.261 e. The van der Waals surface area contributed by atoms with Crippen LogP contribution in [0.2, 0.25) is 5.02 Å². The molecular formula is C13H8ClN3O2. The van der Waals surface area contributed by atoms with Crippen LogP contribution in [0, 0.1) is 0 Å². The zero-order chi connectivity index (χ0) is 13.4. The first-order valence-electron chi connectivity index (χ1n) is 5.49. The molecule has 3 aromatic rings. The fraction of sp³-hybridized carbons (Fsp3) is 0. The van der Waals surface area contributed by atoms with Crippen LogP contribution < -0.4 is 5.56 Å². The van der Waals surface area contributed by atoms with Crippen molar-refractivity contribution >= 4 is 22.6 Å². The average Bonchev–Trinajstić information content (AvgIpc) is 2.39. The van der Waals surface area contributed by atoms with Crippen LogP contribution >= 0.6 is 11.6 Å². The van der Waals surface area contributed by atoms with Crippen LogP contribution in [0.5, 0.6) is 5.75 Å². The van der Waals surface area contributed by atoms with E-state index in [1.54, 1.807) is 24.4 Å². The van der Waals surface area contributed by atoms with E-state index < -0.39 is 5.56 Å². The van der Waals surface area contributed by atoms with Gasteiger partial charge in [-0.05, 0) is 18.2 Å². The quantitative estimate of drug-likeness (QED) is 0.713. The standard InChI is InChI=1S/C13H8ClN3O2/c14-7-5-9-11(16-6-7)12(18)10(13(19)17-9)8-3-1-2-4-15-8/h1-6H,(H2,17,18,19). The van der Waals surface area contributed by atoms with Gasteiger partial charge in [-0.3, -0.25) is 9.78 Å². The van der Waals surface area contributed by atoms with Gasteiger partial charge in [-0.2, -0.15) is 0 Å². The molecule has 3 aromatic heterocycles. The molecule has 5 nitrogen and oxygen atoms in total. The van der Waals surface area contributed by atoms with Crippen molar-refractivity contribution in [1.29, 1.82) is 0 Å². The number of hydrogen-bond acceptors (Lipinski definition) is 4. The molecule has 0 atom stereocenters. The van der Waals surface area contributed by atoms with Crippen molar-refractivity contribution in [3.63, 3.8) is 0 Å². The third-order valence-electron chi connectivity index (χ3n) is 2.71. The maximum absolute atomic E-state index is 12.0. The molecule has 2 N–H and O–H groups in total. The van der Waals surface area contributed by atoms with Crippen LogP contribution in [0.15, 0.2) is 41.5 Å². The number of nitrogens with zero attached hydrogens (tertiary/aromatic N) is 2. The molecule has 0 aliphatic rings. The fourth-order valence-corrected chi connectivity index (χ4v) is 2.04. The van der Waals surface area contributed by atoms with Gasteiger partial charge in [0.05, 0.1) is 16.2 Å². The maximum Gasteiger partial charge on any atom is 0.261 e. The number of aromatic hydroxyl groups is 1. The number of nitrogens with one attached hydrogen (secondary N) is 1. The predicted octanol–water partition coefficient (Wildman–Crippen LogP) is 2.34. The molecule has 0 amide bonds. The topological polar surface area (TPSA) is 78.9 Å². The van der Waals surface area contributed by atoms with Gasteiger partial charge in [0, 0.05) is 12.4 Å². The Morgan fingerprint density at radius 1 is 1.26 bits per heavy atom. The lowest BCUT2D eigenvalue weighted by molar-refractivity contribution is 0.481. The highest BCUT2D eigenvalue weighted by Crippen LogP contribution is 2.30. The molecule has 94 valence electrons. The molecule has 3 rings (SSSR count). The lowest BCUT2D eigenvalue weighted by atomic mass is 10.1. The average molecular weight is 274 g/mol. The summed E-state index contributed by atoms with van der Waals surface area (Å²) in [5.74, 6) is -0.200. The van der Waals surface area contributed by atoms with Crippen molar-refractivity contribution < 1.29 is 5.11 Å². The lowest BCUT2D eigenvalue weighted by Crippen LogP contribution is -2.10. The highest BCUT2D eigenvalue weighted by atomic mass is 35.5. The second-order valence-electron chi connectivity index (χ2n) is 3.94. The number of halogens is 1. The number of pyridine rings is 3. The highest BCUT2D eigenvalue weighted by Gasteiger charge is 2.15. The monoisotopic (exact) mass is 273 g/mol. The number of hydrogen-bond donors (Lipinski definition) is 2. The molecule has 0 fully saturated rings. The molecule has 0 aliphatic heterocycles. The minimum atomic E-state index is -0.437. The van der Waals surface area contributed by atoms with E-state index in [1.165, 1.54) is 12.3 Å². The molecule has 0 aromatic carbocycles. The van der Waals surface area contributed by atoms with Gasteiger partial charge in [-0.25, -0.2) is 4.98 Å². The Morgan fingerprint density at radius 3 is 2.84 bits per heavy atom. The molecular weight excluding hydrogens is 266 g/mol. The van der Waals surface area contributed by atoms with E-state index in [9.17, 15) is 9.90 Å². The summed E-state index contributed by atoms with van der Waals surface area (Å²) >= 11 is 5.80. The summed E-state index contributed by atoms with van der Waals surface area (Å²) in [7, 11) is 0. The molecule has 0 aliphatic carbocycles. The first kappa shape index (κ1) is 11.7. The van der Waals surface area contributed by atoms with Gasteiger partial charge in [0.15, 0.2) is 5.75 Å². The van der Waals surface area contributed by atoms with Crippen LogP contribution in [-0.4, -0.2) is 20.1 Å². The van der Waals surface area contributed by atoms with E-state index in [0.717, 1.165) is 0 Å². The largest absolute Gasteiger partial charge is 0.505 e. The lowest BCUT2D eigenvalue weighted by Gasteiger charge is -2.06. The zero-order valence-electron chi connectivity index (χ0n) is 9.59. The summed E-state index contributed by atoms with van der Waals surface area (Å²) in [6.07, 6.45) is 2.96. The van der Waals surface area contributed by atoms with Gasteiger partial charge in [0.1, 0.15) is 11.1 Å². The van der Waals surface area contributed by atoms with Crippen LogP contribution in [-0.2, 0) is 0 Å². The molecule has 3 heterocycles. The normalized spacial score (nSPS) is 10.8. The van der Waals surface area contributed by atoms with E-state index in [4.69, 9.17) is 11.6 Å². The summed E-state index contributed by atoms with van der Waals surface area (Å²) in [5.41, 5.74) is 0.718. The zero-order valence-corrected chi connectivity index (χ0v) is 10.3. The Bertz CT molecular complexity index is 815. The number of fused-ring (bicyclic) bond motifs is 1. The van der Waals surface area contributed by atoms with Crippen LogP contribution in [0.4, 0.5) is 0 Å². The van der Waals surface area contributed by atoms with Crippen molar-refractivity contribution in [2.75, 3.05) is 0 Å². The van der Waals surface area contributed by atoms with Gasteiger partial charge in [0.2, 0.25) is 0 Å². The molecule has 0 bridgehead atoms. The molecule has 6 heteroatoms. The Kier molecular flexibility index (Phi) is 2.68. The molecule has 0 radical (unpaired) electrons. The Labute approximate surface area is 112 Å². The Balaban J connectivity index is 2.39. The maximum atomic E-state index is 12.0. The fourth-order valence-electron chi connectivity index (χ4n) is 1.88. The predicted molar refractivity (Wildman–Crippen MR) is 72.3 cm³/mol. The number of aromatic nitrogens is 3. The van der Waals surface area contributed by atoms with Crippen molar-refractivity contribution in [2.24, 2.45) is 0 Å². The number of H-pyrrole nitrogens is 1. The molecule has 19 heavy (non-hydrogen) atoms. The summed E-state index contributed by atoms with van der Waals surface area (Å²) in [6, 6.07) is 6.65. The number of aromatic amines is 1. The van der Waals surface area contributed by atoms with E-state index >= 15 is 0 Å². The molecule has 0 unspecified atom stereocenters. The van der Waals surface area contributed by atoms with Crippen LogP contribution in [0.1, 0.15) is 0 Å². The van der Waals surface area contributed by atoms with E-state index in [2.05, 4.69) is 15.0 Å². The van der Waals surface area contributed by atoms with Gasteiger partial charge >= 0.3 is 0 Å². The SMILES string of the molecule is O=c1[nH]c2cc(Cl)cnc2c(O)c1-c1ccccn1. The van der Waals surface area contributed by atoms with Crippen molar-refractivity contribution in [2.45, 2.75) is 0 Å². The third kappa shape index (κ3) is 1.94. The summed E-state index contributed by atoms with van der Waals surface area (Å²) in [5, 5.41) is 10.6. The second kappa shape index (κ2) is 4.37. The summed E-state index contributed by atoms with van der Waals surface area (Å²) in [4.78, 5) is 22.8. The summed E-state index contributed by atoms with van der Waals surface area (Å²) in [6.45, 7) is 0. The first-order chi connectivity index (χ1) is 9.16. The van der Waals surface area contributed by atoms with Crippen molar-refractivity contribution in [1.82, 2.24) is 15.0 Å². The molecule has 0 saturated carbocycles. The van der Waals surface area contributed by atoms with Gasteiger partial charge in [0.25, 0.3) is 5.56 Å². The van der Waals surface area contributed by atoms with Crippen molar-refractivity contribution in [3.05, 3.63) is 52.0 Å². The highest BCUT2D eigenvalue weighted by molar-refractivity contribution is 6.31. The first-order valence-corrected chi connectivity index (χ1v) is 5.86. The van der Waals surface area contributed by atoms with Gasteiger partial charge < -0.3 is 10.1 Å². The van der Waals surface area contributed by atoms with Gasteiger partial charge in [-0.1, -0.05) is 17.7 Å². The van der Waals surface area contributed by atoms with E-state index in [1.807, 2.05) is 0 Å². The van der Waals surface area contributed by atoms with Crippen molar-refractivity contribution in [3.8, 4) is 17.0 Å². The number of rotatable bonds is 1. The molecule has 0 saturated heterocycles. The van der Waals surface area contributed by atoms with E-state index in [-0.39, 0.29) is 16.8 Å². The van der Waals surface area contributed by atoms with Crippen LogP contribution in [0.3, 0.4) is 0 Å². The Morgan fingerprint density at radius 2 is 2.11 bits per heavy atom. The van der Waals surface area contributed by atoms with Crippen LogP contribution in [0.25, 0.3) is 22.3 Å². The Hall–Kier alpha value is -2.40. The minimum absolute atomic E-state index is 0.0999.